The van der Waals surface area contributed by atoms with Crippen LogP contribution in [0.25, 0.3) is 0 Å². The summed E-state index contributed by atoms with van der Waals surface area (Å²) in [5.41, 5.74) is 1.40. The van der Waals surface area contributed by atoms with Gasteiger partial charge in [0.25, 0.3) is 0 Å². The summed E-state index contributed by atoms with van der Waals surface area (Å²) in [6.45, 7) is 3.06. The minimum Gasteiger partial charge on any atom is -0.494 e. The first-order chi connectivity index (χ1) is 9.86. The zero-order valence-corrected chi connectivity index (χ0v) is 13.8. The van der Waals surface area contributed by atoms with E-state index in [0.717, 1.165) is 24.5 Å². The van der Waals surface area contributed by atoms with E-state index in [1.165, 1.54) is 56.9 Å². The molecule has 1 aromatic rings. The van der Waals surface area contributed by atoms with E-state index in [4.69, 9.17) is 4.74 Å². The molecule has 0 aliphatic heterocycles. The summed E-state index contributed by atoms with van der Waals surface area (Å²) in [5.74, 6) is 2.05. The fourth-order valence-corrected chi connectivity index (χ4v) is 2.55. The molecule has 0 heterocycles. The second kappa shape index (κ2) is 12.1. The van der Waals surface area contributed by atoms with Gasteiger partial charge in [-0.25, -0.2) is 0 Å². The van der Waals surface area contributed by atoms with Gasteiger partial charge in [0.2, 0.25) is 0 Å². The van der Waals surface area contributed by atoms with Crippen LogP contribution < -0.4 is 4.74 Å². The van der Waals surface area contributed by atoms with Crippen molar-refractivity contribution in [1.82, 2.24) is 0 Å². The Hall–Kier alpha value is -0.630. The normalized spacial score (nSPS) is 10.7. The molecule has 0 N–H and O–H groups in total. The average Bonchev–Trinajstić information content (AvgIpc) is 2.47. The fraction of sp³-hybridized carbons (Fsp3) is 0.667. The summed E-state index contributed by atoms with van der Waals surface area (Å²) in [6.07, 6.45) is 11.5. The molecule has 0 bridgehead atoms. The number of benzene rings is 1. The second-order valence-electron chi connectivity index (χ2n) is 5.44. The highest BCUT2D eigenvalue weighted by molar-refractivity contribution is 7.80. The quantitative estimate of drug-likeness (QED) is 0.385. The molecule has 0 atom stereocenters. The van der Waals surface area contributed by atoms with Crippen LogP contribution in [-0.4, -0.2) is 12.4 Å². The summed E-state index contributed by atoms with van der Waals surface area (Å²) < 4.78 is 5.77. The smallest absolute Gasteiger partial charge is 0.119 e. The fourth-order valence-electron chi connectivity index (χ4n) is 2.33. The number of hydrogen-bond donors (Lipinski definition) is 1. The molecular formula is C18H30OS. The molecule has 0 aliphatic rings. The lowest BCUT2D eigenvalue weighted by atomic mass is 10.1. The van der Waals surface area contributed by atoms with Gasteiger partial charge >= 0.3 is 0 Å². The number of aryl methyl sites for hydroxylation is 1. The van der Waals surface area contributed by atoms with E-state index in [2.05, 4.69) is 43.8 Å². The molecule has 114 valence electrons. The highest BCUT2D eigenvalue weighted by Gasteiger charge is 1.96. The van der Waals surface area contributed by atoms with Gasteiger partial charge in [-0.15, -0.1) is 0 Å². The van der Waals surface area contributed by atoms with Crippen LogP contribution >= 0.6 is 12.6 Å². The van der Waals surface area contributed by atoms with E-state index in [0.29, 0.717) is 0 Å². The Morgan fingerprint density at radius 3 is 2.05 bits per heavy atom. The number of rotatable bonds is 12. The van der Waals surface area contributed by atoms with Crippen molar-refractivity contribution in [3.8, 4) is 5.75 Å². The molecule has 0 amide bonds. The number of ether oxygens (including phenoxy) is 1. The summed E-state index contributed by atoms with van der Waals surface area (Å²) >= 11 is 4.23. The summed E-state index contributed by atoms with van der Waals surface area (Å²) in [6, 6.07) is 8.56. The predicted molar refractivity (Wildman–Crippen MR) is 92.1 cm³/mol. The number of thiol groups is 1. The van der Waals surface area contributed by atoms with Gasteiger partial charge in [0.15, 0.2) is 0 Å². The molecule has 0 aliphatic carbocycles. The molecule has 20 heavy (non-hydrogen) atoms. The molecule has 0 radical (unpaired) electrons. The Morgan fingerprint density at radius 2 is 1.45 bits per heavy atom. The minimum absolute atomic E-state index is 0.851. The summed E-state index contributed by atoms with van der Waals surface area (Å²) in [5, 5.41) is 0. The van der Waals surface area contributed by atoms with Crippen LogP contribution in [0.3, 0.4) is 0 Å². The zero-order valence-electron chi connectivity index (χ0n) is 12.9. The Balaban J connectivity index is 1.98. The predicted octanol–water partition coefficient (Wildman–Crippen LogP) is 5.68. The van der Waals surface area contributed by atoms with Crippen LogP contribution in [0.1, 0.15) is 63.9 Å². The van der Waals surface area contributed by atoms with Crippen LogP contribution in [0.5, 0.6) is 5.75 Å². The van der Waals surface area contributed by atoms with Crippen LogP contribution in [0.2, 0.25) is 0 Å². The van der Waals surface area contributed by atoms with Crippen LogP contribution in [0, 0.1) is 0 Å². The van der Waals surface area contributed by atoms with Crippen molar-refractivity contribution < 1.29 is 4.74 Å². The first-order valence-electron chi connectivity index (χ1n) is 8.19. The lowest BCUT2D eigenvalue weighted by Crippen LogP contribution is -1.97. The molecule has 0 unspecified atom stereocenters. The van der Waals surface area contributed by atoms with Gasteiger partial charge in [-0.1, -0.05) is 57.6 Å². The third-order valence-corrected chi connectivity index (χ3v) is 3.85. The minimum atomic E-state index is 0.851. The molecular weight excluding hydrogens is 264 g/mol. The highest BCUT2D eigenvalue weighted by Crippen LogP contribution is 2.14. The third-order valence-electron chi connectivity index (χ3n) is 3.53. The van der Waals surface area contributed by atoms with Gasteiger partial charge in [-0.05, 0) is 42.7 Å². The maximum atomic E-state index is 5.77. The monoisotopic (exact) mass is 294 g/mol. The van der Waals surface area contributed by atoms with Crippen molar-refractivity contribution in [2.75, 3.05) is 12.4 Å². The largest absolute Gasteiger partial charge is 0.494 e. The van der Waals surface area contributed by atoms with Crippen molar-refractivity contribution in [2.24, 2.45) is 0 Å². The van der Waals surface area contributed by atoms with Crippen molar-refractivity contribution >= 4 is 12.6 Å². The molecule has 1 nitrogen and oxygen atoms in total. The van der Waals surface area contributed by atoms with Gasteiger partial charge in [0, 0.05) is 0 Å². The molecule has 0 fully saturated rings. The molecule has 0 saturated carbocycles. The molecule has 1 aromatic carbocycles. The maximum Gasteiger partial charge on any atom is 0.119 e. The molecule has 0 saturated heterocycles. The van der Waals surface area contributed by atoms with Crippen molar-refractivity contribution in [2.45, 2.75) is 64.7 Å². The van der Waals surface area contributed by atoms with Gasteiger partial charge in [0.05, 0.1) is 6.61 Å². The van der Waals surface area contributed by atoms with Crippen LogP contribution in [-0.2, 0) is 6.42 Å². The zero-order chi connectivity index (χ0) is 14.5. The maximum absolute atomic E-state index is 5.77. The van der Waals surface area contributed by atoms with E-state index in [1.54, 1.807) is 0 Å². The van der Waals surface area contributed by atoms with Gasteiger partial charge < -0.3 is 4.74 Å². The Morgan fingerprint density at radius 1 is 0.850 bits per heavy atom. The Bertz CT molecular complexity index is 321. The standard InChI is InChI=1S/C18H30OS/c1-2-10-17-11-13-18(14-12-17)19-15-8-6-4-3-5-7-9-16-20/h11-14,20H,2-10,15-16H2,1H3. The second-order valence-corrected chi connectivity index (χ2v) is 5.89. The van der Waals surface area contributed by atoms with Gasteiger partial charge in [0.1, 0.15) is 5.75 Å². The van der Waals surface area contributed by atoms with Gasteiger partial charge in [-0.3, -0.25) is 0 Å². The van der Waals surface area contributed by atoms with Crippen molar-refractivity contribution in [3.63, 3.8) is 0 Å². The van der Waals surface area contributed by atoms with Crippen LogP contribution in [0.15, 0.2) is 24.3 Å². The van der Waals surface area contributed by atoms with Crippen molar-refractivity contribution in [3.05, 3.63) is 29.8 Å². The van der Waals surface area contributed by atoms with E-state index in [9.17, 15) is 0 Å². The Labute approximate surface area is 130 Å². The topological polar surface area (TPSA) is 9.23 Å². The summed E-state index contributed by atoms with van der Waals surface area (Å²) in [4.78, 5) is 0. The molecule has 0 aromatic heterocycles. The first-order valence-corrected chi connectivity index (χ1v) is 8.82. The van der Waals surface area contributed by atoms with Gasteiger partial charge in [-0.2, -0.15) is 12.6 Å². The summed E-state index contributed by atoms with van der Waals surface area (Å²) in [7, 11) is 0. The van der Waals surface area contributed by atoms with Crippen molar-refractivity contribution in [1.29, 1.82) is 0 Å². The third kappa shape index (κ3) is 8.52. The van der Waals surface area contributed by atoms with E-state index in [1.807, 2.05) is 0 Å². The number of hydrogen-bond acceptors (Lipinski definition) is 2. The Kier molecular flexibility index (Phi) is 10.6. The number of unbranched alkanes of at least 4 members (excludes halogenated alkanes) is 6. The average molecular weight is 295 g/mol. The highest BCUT2D eigenvalue weighted by atomic mass is 32.1. The molecule has 0 spiro atoms. The lowest BCUT2D eigenvalue weighted by molar-refractivity contribution is 0.304. The lowest BCUT2D eigenvalue weighted by Gasteiger charge is -2.07. The first kappa shape index (κ1) is 17.4. The van der Waals surface area contributed by atoms with E-state index >= 15 is 0 Å². The molecule has 1 rings (SSSR count). The SMILES string of the molecule is CCCc1ccc(OCCCCCCCCCS)cc1. The van der Waals surface area contributed by atoms with E-state index < -0.39 is 0 Å². The van der Waals surface area contributed by atoms with E-state index in [-0.39, 0.29) is 0 Å². The molecule has 2 heteroatoms. The van der Waals surface area contributed by atoms with Crippen LogP contribution in [0.4, 0.5) is 0 Å².